The van der Waals surface area contributed by atoms with E-state index in [1.165, 1.54) is 7.11 Å². The Labute approximate surface area is 155 Å². The van der Waals surface area contributed by atoms with Gasteiger partial charge in [-0.25, -0.2) is 0 Å². The normalized spacial score (nSPS) is 10.6. The van der Waals surface area contributed by atoms with Crippen LogP contribution in [-0.4, -0.2) is 23.9 Å². The van der Waals surface area contributed by atoms with Crippen LogP contribution in [0.3, 0.4) is 0 Å². The Hall–Kier alpha value is -3.61. The van der Waals surface area contributed by atoms with Gasteiger partial charge in [-0.2, -0.15) is 0 Å². The summed E-state index contributed by atoms with van der Waals surface area (Å²) in [4.78, 5) is 26.8. The molecule has 4 N–H and O–H groups in total. The lowest BCUT2D eigenvalue weighted by Crippen LogP contribution is -2.19. The summed E-state index contributed by atoms with van der Waals surface area (Å²) in [6, 6.07) is 12.2. The molecule has 0 spiro atoms. The van der Waals surface area contributed by atoms with E-state index in [0.717, 1.165) is 0 Å². The summed E-state index contributed by atoms with van der Waals surface area (Å²) in [5.41, 5.74) is 7.33. The highest BCUT2D eigenvalue weighted by Gasteiger charge is 2.16. The maximum Gasteiger partial charge on any atom is 0.310 e. The van der Waals surface area contributed by atoms with E-state index in [9.17, 15) is 9.59 Å². The summed E-state index contributed by atoms with van der Waals surface area (Å²) < 4.78 is 10.7. The molecule has 0 saturated carbocycles. The molecule has 138 valence electrons. The average Bonchev–Trinajstić information content (AvgIpc) is 2.65. The van der Waals surface area contributed by atoms with Crippen molar-refractivity contribution in [2.45, 2.75) is 13.3 Å². The van der Waals surface area contributed by atoms with Crippen LogP contribution in [0.15, 0.2) is 47.3 Å². The van der Waals surface area contributed by atoms with Crippen molar-refractivity contribution in [2.24, 2.45) is 5.73 Å². The van der Waals surface area contributed by atoms with E-state index in [-0.39, 0.29) is 17.8 Å². The first kappa shape index (κ1) is 18.2. The number of hydrogen-bond donors (Lipinski definition) is 3. The van der Waals surface area contributed by atoms with Crippen molar-refractivity contribution in [1.82, 2.24) is 4.98 Å². The molecule has 0 amide bonds. The van der Waals surface area contributed by atoms with E-state index in [0.29, 0.717) is 39.1 Å². The number of pyridine rings is 1. The van der Waals surface area contributed by atoms with Gasteiger partial charge in [0.1, 0.15) is 17.3 Å². The molecule has 0 fully saturated rings. The zero-order chi connectivity index (χ0) is 19.6. The summed E-state index contributed by atoms with van der Waals surface area (Å²) in [5, 5.41) is 8.25. The van der Waals surface area contributed by atoms with E-state index in [1.54, 1.807) is 49.4 Å². The quantitative estimate of drug-likeness (QED) is 0.365. The van der Waals surface area contributed by atoms with Crippen LogP contribution in [0.1, 0.15) is 16.7 Å². The number of aromatic nitrogens is 1. The van der Waals surface area contributed by atoms with Gasteiger partial charge < -0.3 is 20.2 Å². The Morgan fingerprint density at radius 1 is 1.22 bits per heavy atom. The molecule has 7 nitrogen and oxygen atoms in total. The van der Waals surface area contributed by atoms with E-state index in [4.69, 9.17) is 15.9 Å². The van der Waals surface area contributed by atoms with Gasteiger partial charge in [0.15, 0.2) is 0 Å². The Kier molecular flexibility index (Phi) is 4.94. The first-order valence-electron chi connectivity index (χ1n) is 8.24. The van der Waals surface area contributed by atoms with Crippen molar-refractivity contribution in [3.05, 3.63) is 69.5 Å². The lowest BCUT2D eigenvalue weighted by molar-refractivity contribution is -0.139. The van der Waals surface area contributed by atoms with Gasteiger partial charge in [0.2, 0.25) is 0 Å². The summed E-state index contributed by atoms with van der Waals surface area (Å²) >= 11 is 0. The zero-order valence-corrected chi connectivity index (χ0v) is 15.0. The maximum absolute atomic E-state index is 12.4. The number of aryl methyl sites for hydroxylation is 1. The number of methoxy groups -OCH3 is 1. The molecule has 0 atom stereocenters. The first-order chi connectivity index (χ1) is 12.9. The fourth-order valence-corrected chi connectivity index (χ4v) is 2.91. The third-order valence-corrected chi connectivity index (χ3v) is 4.30. The number of nitrogen functional groups attached to an aromatic ring is 1. The predicted octanol–water partition coefficient (Wildman–Crippen LogP) is 2.63. The highest BCUT2D eigenvalue weighted by Crippen LogP contribution is 2.32. The number of rotatable bonds is 5. The Morgan fingerprint density at radius 2 is 1.96 bits per heavy atom. The van der Waals surface area contributed by atoms with Gasteiger partial charge in [-0.3, -0.25) is 15.0 Å². The molecule has 2 aromatic carbocycles. The number of nitrogens with two attached hydrogens (primary N) is 1. The average molecular weight is 365 g/mol. The number of nitrogens with one attached hydrogen (secondary N) is 2. The number of ether oxygens (including phenoxy) is 2. The smallest absolute Gasteiger partial charge is 0.310 e. The van der Waals surface area contributed by atoms with Gasteiger partial charge in [0, 0.05) is 16.5 Å². The number of carbonyl (C=O) groups excluding carboxylic acids is 1. The van der Waals surface area contributed by atoms with Crippen molar-refractivity contribution in [1.29, 1.82) is 5.41 Å². The minimum Gasteiger partial charge on any atom is -0.469 e. The number of H-pyrrole nitrogens is 1. The molecular formula is C20H19N3O4. The summed E-state index contributed by atoms with van der Waals surface area (Å²) in [5.74, 6) is 0.484. The summed E-state index contributed by atoms with van der Waals surface area (Å²) in [7, 11) is 1.28. The van der Waals surface area contributed by atoms with Crippen LogP contribution in [0.4, 0.5) is 0 Å². The molecule has 7 heteroatoms. The van der Waals surface area contributed by atoms with Crippen LogP contribution in [0.2, 0.25) is 0 Å². The van der Waals surface area contributed by atoms with Gasteiger partial charge in [0.25, 0.3) is 5.56 Å². The molecule has 1 aromatic heterocycles. The van der Waals surface area contributed by atoms with Crippen molar-refractivity contribution in [3.63, 3.8) is 0 Å². The van der Waals surface area contributed by atoms with Crippen LogP contribution in [0.25, 0.3) is 10.9 Å². The number of benzene rings is 2. The molecule has 1 heterocycles. The van der Waals surface area contributed by atoms with E-state index >= 15 is 0 Å². The highest BCUT2D eigenvalue weighted by molar-refractivity contribution is 5.95. The Morgan fingerprint density at radius 3 is 2.67 bits per heavy atom. The SMILES string of the molecule is COC(=O)Cc1c(C)c2c(Oc3cccc(C(=N)N)c3)cccc2[nH]c1=O. The highest BCUT2D eigenvalue weighted by atomic mass is 16.5. The van der Waals surface area contributed by atoms with Crippen molar-refractivity contribution < 1.29 is 14.3 Å². The lowest BCUT2D eigenvalue weighted by Gasteiger charge is -2.14. The van der Waals surface area contributed by atoms with Crippen LogP contribution in [0, 0.1) is 12.3 Å². The van der Waals surface area contributed by atoms with Gasteiger partial charge in [-0.15, -0.1) is 0 Å². The van der Waals surface area contributed by atoms with Crippen LogP contribution in [-0.2, 0) is 16.0 Å². The predicted molar refractivity (Wildman–Crippen MR) is 103 cm³/mol. The largest absolute Gasteiger partial charge is 0.469 e. The molecule has 0 saturated heterocycles. The number of hydrogen-bond acceptors (Lipinski definition) is 5. The fraction of sp³-hybridized carbons (Fsp3) is 0.150. The van der Waals surface area contributed by atoms with Gasteiger partial charge in [-0.05, 0) is 36.8 Å². The number of fused-ring (bicyclic) bond motifs is 1. The molecule has 0 bridgehead atoms. The van der Waals surface area contributed by atoms with E-state index in [2.05, 4.69) is 9.72 Å². The molecular weight excluding hydrogens is 346 g/mol. The number of aromatic amines is 1. The molecule has 3 aromatic rings. The number of esters is 1. The monoisotopic (exact) mass is 365 g/mol. The summed E-state index contributed by atoms with van der Waals surface area (Å²) in [6.45, 7) is 1.77. The molecule has 0 aliphatic rings. The Bertz CT molecular complexity index is 1100. The second kappa shape index (κ2) is 7.33. The second-order valence-corrected chi connectivity index (χ2v) is 6.03. The first-order valence-corrected chi connectivity index (χ1v) is 8.24. The third-order valence-electron chi connectivity index (χ3n) is 4.30. The standard InChI is InChI=1S/C20H19N3O4/c1-11-14(10-17(24)26-2)20(25)23-15-7-4-8-16(18(11)15)27-13-6-3-5-12(9-13)19(21)22/h3-9H,10H2,1-2H3,(H3,21,22)(H,23,25). The van der Waals surface area contributed by atoms with Crippen LogP contribution < -0.4 is 16.0 Å². The number of carbonyl (C=O) groups is 1. The topological polar surface area (TPSA) is 118 Å². The van der Waals surface area contributed by atoms with Gasteiger partial charge in [-0.1, -0.05) is 18.2 Å². The molecule has 0 radical (unpaired) electrons. The molecule has 0 aliphatic carbocycles. The second-order valence-electron chi connectivity index (χ2n) is 6.03. The minimum atomic E-state index is -0.490. The third kappa shape index (κ3) is 3.67. The molecule has 0 aliphatic heterocycles. The van der Waals surface area contributed by atoms with Crippen LogP contribution >= 0.6 is 0 Å². The van der Waals surface area contributed by atoms with E-state index < -0.39 is 5.97 Å². The van der Waals surface area contributed by atoms with Gasteiger partial charge >= 0.3 is 5.97 Å². The molecule has 27 heavy (non-hydrogen) atoms. The van der Waals surface area contributed by atoms with Gasteiger partial charge in [0.05, 0.1) is 19.0 Å². The molecule has 0 unspecified atom stereocenters. The number of amidine groups is 1. The van der Waals surface area contributed by atoms with Crippen molar-refractivity contribution in [2.75, 3.05) is 7.11 Å². The van der Waals surface area contributed by atoms with Crippen molar-refractivity contribution in [3.8, 4) is 11.5 Å². The lowest BCUT2D eigenvalue weighted by atomic mass is 10.0. The zero-order valence-electron chi connectivity index (χ0n) is 15.0. The van der Waals surface area contributed by atoms with Crippen LogP contribution in [0.5, 0.6) is 11.5 Å². The van der Waals surface area contributed by atoms with E-state index in [1.807, 2.05) is 0 Å². The maximum atomic E-state index is 12.4. The molecule has 3 rings (SSSR count). The summed E-state index contributed by atoms with van der Waals surface area (Å²) in [6.07, 6.45) is -0.123. The fourth-order valence-electron chi connectivity index (χ4n) is 2.91. The minimum absolute atomic E-state index is 0.0563. The Balaban J connectivity index is 2.12. The van der Waals surface area contributed by atoms with Crippen molar-refractivity contribution >= 4 is 22.7 Å².